The SMILES string of the molecule is CC(C)C[C@H](NC(=O)[C@H](CCCN=C(N)N)NC(=O)[C@@H](NC(=O)[C@H](Cc1ccc(N)cc1)NC(=O)c1ccc2nc[nH]c2c1)C1CCCCC1)C(=O)N1CCC[C@H]1C(N)=O. The Hall–Kier alpha value is -6.20. The number of hydrogen-bond acceptors (Lipinski definition) is 9. The molecule has 1 aromatic heterocycles. The highest BCUT2D eigenvalue weighted by atomic mass is 16.2. The van der Waals surface area contributed by atoms with Gasteiger partial charge >= 0.3 is 0 Å². The minimum Gasteiger partial charge on any atom is -0.399 e. The number of imidazole rings is 1. The van der Waals surface area contributed by atoms with Gasteiger partial charge in [0.15, 0.2) is 5.96 Å². The molecule has 5 rings (SSSR count). The summed E-state index contributed by atoms with van der Waals surface area (Å²) in [6, 6.07) is 6.84. The van der Waals surface area contributed by atoms with Gasteiger partial charge in [0.05, 0.1) is 17.4 Å². The molecule has 2 heterocycles. The van der Waals surface area contributed by atoms with Crippen LogP contribution in [0.3, 0.4) is 0 Å². The summed E-state index contributed by atoms with van der Waals surface area (Å²) in [7, 11) is 0. The van der Waals surface area contributed by atoms with E-state index in [0.29, 0.717) is 60.9 Å². The van der Waals surface area contributed by atoms with Crippen LogP contribution in [0.4, 0.5) is 5.69 Å². The van der Waals surface area contributed by atoms with Crippen LogP contribution in [0, 0.1) is 11.8 Å². The first-order valence-corrected chi connectivity index (χ1v) is 20.8. The second-order valence-corrected chi connectivity index (χ2v) is 16.3. The average Bonchev–Trinajstić information content (AvgIpc) is 3.91. The summed E-state index contributed by atoms with van der Waals surface area (Å²) in [6.07, 6.45) is 7.31. The molecule has 13 N–H and O–H groups in total. The number of nitrogens with zero attached hydrogens (tertiary/aromatic N) is 3. The second kappa shape index (κ2) is 21.2. The molecular formula is C42H60N12O6. The Labute approximate surface area is 349 Å². The van der Waals surface area contributed by atoms with Crippen molar-refractivity contribution in [1.82, 2.24) is 36.1 Å². The predicted molar refractivity (Wildman–Crippen MR) is 228 cm³/mol. The van der Waals surface area contributed by atoms with Crippen LogP contribution in [0.15, 0.2) is 53.8 Å². The molecule has 1 saturated heterocycles. The number of anilines is 1. The zero-order valence-corrected chi connectivity index (χ0v) is 34.5. The first kappa shape index (κ1) is 44.9. The molecule has 3 aromatic rings. The Kier molecular flexibility index (Phi) is 15.8. The van der Waals surface area contributed by atoms with Gasteiger partial charge in [-0.25, -0.2) is 4.98 Å². The number of H-pyrrole nitrogens is 1. The summed E-state index contributed by atoms with van der Waals surface area (Å²) in [6.45, 7) is 4.33. The summed E-state index contributed by atoms with van der Waals surface area (Å²) < 4.78 is 0. The van der Waals surface area contributed by atoms with Crippen LogP contribution in [0.25, 0.3) is 11.0 Å². The molecule has 18 heteroatoms. The molecule has 18 nitrogen and oxygen atoms in total. The molecule has 60 heavy (non-hydrogen) atoms. The van der Waals surface area contributed by atoms with E-state index in [9.17, 15) is 28.8 Å². The van der Waals surface area contributed by atoms with Gasteiger partial charge in [-0.2, -0.15) is 0 Å². The lowest BCUT2D eigenvalue weighted by molar-refractivity contribution is -0.141. The lowest BCUT2D eigenvalue weighted by Crippen LogP contribution is -2.60. The van der Waals surface area contributed by atoms with Crippen molar-refractivity contribution >= 4 is 58.1 Å². The van der Waals surface area contributed by atoms with Gasteiger partial charge in [-0.1, -0.05) is 45.2 Å². The zero-order valence-electron chi connectivity index (χ0n) is 34.5. The summed E-state index contributed by atoms with van der Waals surface area (Å²) in [5.41, 5.74) is 25.5. The van der Waals surface area contributed by atoms with Crippen LogP contribution in [-0.4, -0.2) is 99.6 Å². The third-order valence-corrected chi connectivity index (χ3v) is 11.2. The Balaban J connectivity index is 1.39. The van der Waals surface area contributed by atoms with E-state index >= 15 is 0 Å². The van der Waals surface area contributed by atoms with Crippen molar-refractivity contribution in [2.45, 2.75) is 115 Å². The van der Waals surface area contributed by atoms with Gasteiger partial charge in [0, 0.05) is 30.8 Å². The van der Waals surface area contributed by atoms with Crippen molar-refractivity contribution in [2.75, 3.05) is 18.8 Å². The first-order valence-electron chi connectivity index (χ1n) is 20.8. The monoisotopic (exact) mass is 828 g/mol. The Morgan fingerprint density at radius 1 is 0.833 bits per heavy atom. The zero-order chi connectivity index (χ0) is 43.3. The van der Waals surface area contributed by atoms with Crippen LogP contribution in [-0.2, 0) is 30.4 Å². The number of aromatic nitrogens is 2. The number of amides is 6. The smallest absolute Gasteiger partial charge is 0.252 e. The second-order valence-electron chi connectivity index (χ2n) is 16.3. The van der Waals surface area contributed by atoms with E-state index in [1.54, 1.807) is 42.5 Å². The maximum Gasteiger partial charge on any atom is 0.252 e. The van der Waals surface area contributed by atoms with E-state index in [-0.39, 0.29) is 43.6 Å². The van der Waals surface area contributed by atoms with E-state index in [1.165, 1.54) is 11.2 Å². The van der Waals surface area contributed by atoms with Crippen molar-refractivity contribution in [3.63, 3.8) is 0 Å². The van der Waals surface area contributed by atoms with E-state index < -0.39 is 65.7 Å². The first-order chi connectivity index (χ1) is 28.7. The highest BCUT2D eigenvalue weighted by Gasteiger charge is 2.39. The van der Waals surface area contributed by atoms with Crippen molar-refractivity contribution in [1.29, 1.82) is 0 Å². The summed E-state index contributed by atoms with van der Waals surface area (Å²) in [5.74, 6) is -3.71. The number of benzene rings is 2. The number of likely N-dealkylation sites (tertiary alicyclic amines) is 1. The largest absolute Gasteiger partial charge is 0.399 e. The number of nitrogens with one attached hydrogen (secondary N) is 5. The predicted octanol–water partition coefficient (Wildman–Crippen LogP) is 1.10. The number of rotatable bonds is 19. The Morgan fingerprint density at radius 3 is 2.22 bits per heavy atom. The molecule has 6 amide bonds. The fraction of sp³-hybridized carbons (Fsp3) is 0.524. The molecule has 2 aromatic carbocycles. The van der Waals surface area contributed by atoms with E-state index in [0.717, 1.165) is 24.8 Å². The summed E-state index contributed by atoms with van der Waals surface area (Å²) in [5, 5.41) is 11.6. The molecule has 0 radical (unpaired) electrons. The molecule has 2 aliphatic rings. The number of carbonyl (C=O) groups excluding carboxylic acids is 6. The lowest BCUT2D eigenvalue weighted by atomic mass is 9.83. The molecule has 0 spiro atoms. The minimum absolute atomic E-state index is 0.00950. The van der Waals surface area contributed by atoms with E-state index in [1.807, 2.05) is 13.8 Å². The van der Waals surface area contributed by atoms with E-state index in [2.05, 4.69) is 36.2 Å². The highest BCUT2D eigenvalue weighted by Crippen LogP contribution is 2.27. The van der Waals surface area contributed by atoms with Crippen LogP contribution in [0.2, 0.25) is 0 Å². The van der Waals surface area contributed by atoms with Crippen molar-refractivity contribution in [2.24, 2.45) is 34.0 Å². The quantitative estimate of drug-likeness (QED) is 0.0359. The Bertz CT molecular complexity index is 2010. The standard InChI is InChI=1S/C42H60N12O6/c1-24(2)20-33(41(60)54-19-7-11-34(54)36(44)55)52-38(57)30(10-6-18-47-42(45)46)50-40(59)35(26-8-4-3-5-9-26)53-39(58)32(21-25-12-15-28(43)16-13-25)51-37(56)27-14-17-29-31(22-27)49-23-48-29/h12-17,22-24,26,30,32-35H,3-11,18-21,43H2,1-2H3,(H2,44,55)(H,48,49)(H,50,59)(H,51,56)(H,52,57)(H,53,58)(H4,45,46,47)/t30-,32-,33-,34-,35-/m0/s1. The summed E-state index contributed by atoms with van der Waals surface area (Å²) >= 11 is 0. The van der Waals surface area contributed by atoms with Gasteiger partial charge in [-0.05, 0) is 92.7 Å². The van der Waals surface area contributed by atoms with Crippen LogP contribution < -0.4 is 44.2 Å². The maximum atomic E-state index is 14.5. The average molecular weight is 829 g/mol. The summed E-state index contributed by atoms with van der Waals surface area (Å²) in [4.78, 5) is 95.4. The normalized spacial score (nSPS) is 17.6. The number of nitrogens with two attached hydrogens (primary N) is 4. The van der Waals surface area contributed by atoms with Gasteiger partial charge < -0.3 is 54.1 Å². The van der Waals surface area contributed by atoms with Crippen LogP contribution in [0.5, 0.6) is 0 Å². The lowest BCUT2D eigenvalue weighted by Gasteiger charge is -2.33. The van der Waals surface area contributed by atoms with Crippen molar-refractivity contribution in [3.05, 3.63) is 59.9 Å². The van der Waals surface area contributed by atoms with E-state index in [4.69, 9.17) is 22.9 Å². The topological polar surface area (TPSA) is 299 Å². The fourth-order valence-corrected chi connectivity index (χ4v) is 8.06. The molecule has 1 saturated carbocycles. The van der Waals surface area contributed by atoms with Crippen molar-refractivity contribution < 1.29 is 28.8 Å². The fourth-order valence-electron chi connectivity index (χ4n) is 8.06. The number of carbonyl (C=O) groups is 6. The molecular weight excluding hydrogens is 769 g/mol. The number of hydrogen-bond donors (Lipinski definition) is 9. The Morgan fingerprint density at radius 2 is 1.53 bits per heavy atom. The number of aliphatic imine (C=N–C) groups is 1. The van der Waals surface area contributed by atoms with Crippen LogP contribution >= 0.6 is 0 Å². The molecule has 5 atom stereocenters. The maximum absolute atomic E-state index is 14.5. The molecule has 2 fully saturated rings. The molecule has 1 aliphatic heterocycles. The number of guanidine groups is 1. The number of nitrogen functional groups attached to an aromatic ring is 1. The molecule has 324 valence electrons. The highest BCUT2D eigenvalue weighted by molar-refractivity contribution is 6.01. The minimum atomic E-state index is -1.15. The van der Waals surface area contributed by atoms with Crippen LogP contribution in [0.1, 0.15) is 94.0 Å². The van der Waals surface area contributed by atoms with Gasteiger partial charge in [0.25, 0.3) is 5.91 Å². The van der Waals surface area contributed by atoms with Crippen molar-refractivity contribution in [3.8, 4) is 0 Å². The molecule has 0 bridgehead atoms. The van der Waals surface area contributed by atoms with Gasteiger partial charge in [-0.15, -0.1) is 0 Å². The third kappa shape index (κ3) is 12.4. The van der Waals surface area contributed by atoms with Gasteiger partial charge in [0.2, 0.25) is 29.5 Å². The number of aromatic amines is 1. The van der Waals surface area contributed by atoms with Gasteiger partial charge in [-0.3, -0.25) is 33.8 Å². The van der Waals surface area contributed by atoms with Gasteiger partial charge in [0.1, 0.15) is 30.2 Å². The third-order valence-electron chi connectivity index (χ3n) is 11.2. The number of fused-ring (bicyclic) bond motifs is 1. The molecule has 1 aliphatic carbocycles. The number of primary amides is 1. The molecule has 0 unspecified atom stereocenters.